The molecule has 2 N–H and O–H groups in total. The molecule has 0 spiro atoms. The fourth-order valence-corrected chi connectivity index (χ4v) is 2.89. The van der Waals surface area contributed by atoms with Crippen LogP contribution in [0.2, 0.25) is 0 Å². The van der Waals surface area contributed by atoms with E-state index in [0.717, 1.165) is 31.5 Å². The minimum atomic E-state index is -0.338. The number of aromatic nitrogens is 2. The van der Waals surface area contributed by atoms with E-state index >= 15 is 0 Å². The van der Waals surface area contributed by atoms with Crippen molar-refractivity contribution < 1.29 is 10.0 Å². The Balaban J connectivity index is 1.52. The predicted molar refractivity (Wildman–Crippen MR) is 101 cm³/mol. The number of aryl methyl sites for hydroxylation is 1. The van der Waals surface area contributed by atoms with Crippen molar-refractivity contribution in [2.24, 2.45) is 0 Å². The molecule has 0 aliphatic rings. The standard InChI is InChI=1S/C21H23N3O2/c25-21(23-26)9-5-4-8-20-14-15-24(22-20)16-17-10-12-19(13-11-17)18-6-2-1-3-7-18/h1-3,6-7,10-15,26H,4-5,8-9,16H2,(H,23,25). The van der Waals surface area contributed by atoms with Gasteiger partial charge in [0.15, 0.2) is 0 Å². The van der Waals surface area contributed by atoms with Gasteiger partial charge in [-0.3, -0.25) is 14.7 Å². The number of nitrogens with one attached hydrogen (secondary N) is 1. The first kappa shape index (κ1) is 17.9. The number of nitrogens with zero attached hydrogens (tertiary/aromatic N) is 2. The summed E-state index contributed by atoms with van der Waals surface area (Å²) in [4.78, 5) is 11.0. The van der Waals surface area contributed by atoms with Crippen molar-refractivity contribution in [2.75, 3.05) is 0 Å². The van der Waals surface area contributed by atoms with E-state index in [1.54, 1.807) is 5.48 Å². The molecule has 134 valence electrons. The van der Waals surface area contributed by atoms with Crippen molar-refractivity contribution in [1.29, 1.82) is 0 Å². The smallest absolute Gasteiger partial charge is 0.243 e. The average Bonchev–Trinajstić information content (AvgIpc) is 3.13. The van der Waals surface area contributed by atoms with Gasteiger partial charge < -0.3 is 0 Å². The molecule has 0 bridgehead atoms. The van der Waals surface area contributed by atoms with Gasteiger partial charge in [-0.25, -0.2) is 5.48 Å². The first-order valence-electron chi connectivity index (χ1n) is 8.84. The zero-order valence-electron chi connectivity index (χ0n) is 14.6. The number of hydrogen-bond acceptors (Lipinski definition) is 3. The Morgan fingerprint density at radius 2 is 1.69 bits per heavy atom. The molecular weight excluding hydrogens is 326 g/mol. The lowest BCUT2D eigenvalue weighted by Crippen LogP contribution is -2.17. The summed E-state index contributed by atoms with van der Waals surface area (Å²) in [6, 6.07) is 20.9. The molecule has 0 aliphatic heterocycles. The molecular formula is C21H23N3O2. The van der Waals surface area contributed by atoms with Gasteiger partial charge in [-0.05, 0) is 42.0 Å². The lowest BCUT2D eigenvalue weighted by Gasteiger charge is -2.05. The molecule has 0 fully saturated rings. The summed E-state index contributed by atoms with van der Waals surface area (Å²) < 4.78 is 1.94. The molecule has 26 heavy (non-hydrogen) atoms. The molecule has 3 rings (SSSR count). The van der Waals surface area contributed by atoms with E-state index in [-0.39, 0.29) is 5.91 Å². The van der Waals surface area contributed by atoms with Gasteiger partial charge in [0.25, 0.3) is 0 Å². The fourth-order valence-electron chi connectivity index (χ4n) is 2.89. The zero-order valence-corrected chi connectivity index (χ0v) is 14.6. The predicted octanol–water partition coefficient (Wildman–Crippen LogP) is 3.82. The summed E-state index contributed by atoms with van der Waals surface area (Å²) in [6.07, 6.45) is 4.76. The number of benzene rings is 2. The first-order valence-corrected chi connectivity index (χ1v) is 8.84. The minimum absolute atomic E-state index is 0.338. The van der Waals surface area contributed by atoms with Gasteiger partial charge in [-0.2, -0.15) is 5.10 Å². The second kappa shape index (κ2) is 8.97. The molecule has 3 aromatic rings. The Morgan fingerprint density at radius 3 is 2.42 bits per heavy atom. The van der Waals surface area contributed by atoms with Gasteiger partial charge in [-0.1, -0.05) is 54.6 Å². The third-order valence-electron chi connectivity index (χ3n) is 4.31. The van der Waals surface area contributed by atoms with Crippen LogP contribution in [0.4, 0.5) is 0 Å². The molecule has 0 atom stereocenters. The number of rotatable bonds is 8. The van der Waals surface area contributed by atoms with E-state index in [4.69, 9.17) is 5.21 Å². The van der Waals surface area contributed by atoms with Gasteiger partial charge in [0.2, 0.25) is 5.91 Å². The van der Waals surface area contributed by atoms with Gasteiger partial charge in [0, 0.05) is 12.6 Å². The normalized spacial score (nSPS) is 10.7. The summed E-state index contributed by atoms with van der Waals surface area (Å²) in [5.74, 6) is -0.338. The Bertz CT molecular complexity index is 826. The van der Waals surface area contributed by atoms with E-state index < -0.39 is 0 Å². The third-order valence-corrected chi connectivity index (χ3v) is 4.31. The third kappa shape index (κ3) is 5.04. The molecule has 0 radical (unpaired) electrons. The van der Waals surface area contributed by atoms with Crippen molar-refractivity contribution in [3.05, 3.63) is 78.1 Å². The highest BCUT2D eigenvalue weighted by atomic mass is 16.5. The van der Waals surface area contributed by atoms with Crippen molar-refractivity contribution in [2.45, 2.75) is 32.2 Å². The fraction of sp³-hybridized carbons (Fsp3) is 0.238. The molecule has 0 aliphatic carbocycles. The lowest BCUT2D eigenvalue weighted by atomic mass is 10.0. The molecule has 1 heterocycles. The Morgan fingerprint density at radius 1 is 0.962 bits per heavy atom. The topological polar surface area (TPSA) is 67.2 Å². The van der Waals surface area contributed by atoms with Crippen LogP contribution < -0.4 is 5.48 Å². The number of hydroxylamine groups is 1. The number of carbonyl (C=O) groups is 1. The SMILES string of the molecule is O=C(CCCCc1ccn(Cc2ccc(-c3ccccc3)cc2)n1)NO. The van der Waals surface area contributed by atoms with Crippen LogP contribution in [0.5, 0.6) is 0 Å². The molecule has 0 unspecified atom stereocenters. The average molecular weight is 349 g/mol. The van der Waals surface area contributed by atoms with Gasteiger partial charge in [0.05, 0.1) is 12.2 Å². The molecule has 5 nitrogen and oxygen atoms in total. The van der Waals surface area contributed by atoms with E-state index in [9.17, 15) is 4.79 Å². The molecule has 5 heteroatoms. The quantitative estimate of drug-likeness (QED) is 0.369. The summed E-state index contributed by atoms with van der Waals surface area (Å²) in [5.41, 5.74) is 6.31. The van der Waals surface area contributed by atoms with Crippen LogP contribution in [-0.2, 0) is 17.8 Å². The number of unbranched alkanes of at least 4 members (excludes halogenated alkanes) is 1. The van der Waals surface area contributed by atoms with Crippen LogP contribution in [0.15, 0.2) is 66.9 Å². The Labute approximate surface area is 153 Å². The number of hydrogen-bond donors (Lipinski definition) is 2. The summed E-state index contributed by atoms with van der Waals surface area (Å²) in [5, 5.41) is 13.1. The van der Waals surface area contributed by atoms with Crippen molar-refractivity contribution in [3.63, 3.8) is 0 Å². The molecule has 1 amide bonds. The summed E-state index contributed by atoms with van der Waals surface area (Å²) >= 11 is 0. The number of amides is 1. The molecule has 1 aromatic heterocycles. The molecule has 0 saturated carbocycles. The van der Waals surface area contributed by atoms with Crippen molar-refractivity contribution >= 4 is 5.91 Å². The monoisotopic (exact) mass is 349 g/mol. The van der Waals surface area contributed by atoms with Crippen LogP contribution in [0.25, 0.3) is 11.1 Å². The summed E-state index contributed by atoms with van der Waals surface area (Å²) in [6.45, 7) is 0.738. The van der Waals surface area contributed by atoms with Gasteiger partial charge in [0.1, 0.15) is 0 Å². The number of carbonyl (C=O) groups excluding carboxylic acids is 1. The minimum Gasteiger partial charge on any atom is -0.289 e. The van der Waals surface area contributed by atoms with Gasteiger partial charge in [-0.15, -0.1) is 0 Å². The van der Waals surface area contributed by atoms with Gasteiger partial charge >= 0.3 is 0 Å². The Hall–Kier alpha value is -2.92. The second-order valence-electron chi connectivity index (χ2n) is 6.31. The van der Waals surface area contributed by atoms with E-state index in [0.29, 0.717) is 6.42 Å². The van der Waals surface area contributed by atoms with E-state index in [1.807, 2.05) is 35.1 Å². The first-order chi connectivity index (χ1) is 12.7. The Kier molecular flexibility index (Phi) is 6.17. The summed E-state index contributed by atoms with van der Waals surface area (Å²) in [7, 11) is 0. The largest absolute Gasteiger partial charge is 0.289 e. The van der Waals surface area contributed by atoms with Crippen LogP contribution in [0, 0.1) is 0 Å². The van der Waals surface area contributed by atoms with Crippen molar-refractivity contribution in [1.82, 2.24) is 15.3 Å². The highest BCUT2D eigenvalue weighted by molar-refractivity contribution is 5.74. The van der Waals surface area contributed by atoms with E-state index in [2.05, 4.69) is 41.5 Å². The van der Waals surface area contributed by atoms with Crippen LogP contribution in [0.3, 0.4) is 0 Å². The molecule has 0 saturated heterocycles. The van der Waals surface area contributed by atoms with Crippen LogP contribution in [0.1, 0.15) is 30.5 Å². The maximum absolute atomic E-state index is 11.0. The second-order valence-corrected chi connectivity index (χ2v) is 6.31. The maximum atomic E-state index is 11.0. The maximum Gasteiger partial charge on any atom is 0.243 e. The molecule has 2 aromatic carbocycles. The highest BCUT2D eigenvalue weighted by Gasteiger charge is 2.03. The van der Waals surface area contributed by atoms with Crippen LogP contribution in [-0.4, -0.2) is 20.9 Å². The lowest BCUT2D eigenvalue weighted by molar-refractivity contribution is -0.129. The highest BCUT2D eigenvalue weighted by Crippen LogP contribution is 2.19. The van der Waals surface area contributed by atoms with Crippen LogP contribution >= 0.6 is 0 Å². The van der Waals surface area contributed by atoms with Crippen molar-refractivity contribution in [3.8, 4) is 11.1 Å². The van der Waals surface area contributed by atoms with E-state index in [1.165, 1.54) is 16.7 Å². The zero-order chi connectivity index (χ0) is 18.2.